The first-order valence-electron chi connectivity index (χ1n) is 9.29. The molecule has 2 aromatic rings. The molecule has 1 aliphatic rings. The highest BCUT2D eigenvalue weighted by atomic mass is 19.4. The summed E-state index contributed by atoms with van der Waals surface area (Å²) >= 11 is 0. The number of alkyl halides is 6. The summed E-state index contributed by atoms with van der Waals surface area (Å²) < 4.78 is 87.5. The Morgan fingerprint density at radius 3 is 2.23 bits per heavy atom. The van der Waals surface area contributed by atoms with Crippen molar-refractivity contribution in [3.63, 3.8) is 0 Å². The average molecular weight is 433 g/mol. The zero-order chi connectivity index (χ0) is 22.6. The number of H-pyrrole nitrogens is 1. The van der Waals surface area contributed by atoms with Gasteiger partial charge < -0.3 is 9.72 Å². The fourth-order valence-electron chi connectivity index (χ4n) is 4.25. The number of hydrogen-bond acceptors (Lipinski definition) is 2. The number of hydrogen-bond donors (Lipinski definition) is 1. The van der Waals surface area contributed by atoms with Crippen molar-refractivity contribution in [2.24, 2.45) is 5.92 Å². The van der Waals surface area contributed by atoms with Crippen LogP contribution in [0.2, 0.25) is 0 Å². The van der Waals surface area contributed by atoms with E-state index in [1.807, 2.05) is 0 Å². The standard InChI is InChI=1S/C21H21F6NO2/c1-10-8-13(29)9-16(28-10)18-17(12(3)19(4,30-18)21(25,26)27)14-6-5-7-15(11(14)2)20(22,23)24/h5-9,12,17-18H,1-4H3,(H,28,29)/t12-,17-,18-,19+/m1/s1. The highest BCUT2D eigenvalue weighted by molar-refractivity contribution is 5.41. The molecule has 0 saturated carbocycles. The summed E-state index contributed by atoms with van der Waals surface area (Å²) in [5.41, 5.74) is -3.49. The van der Waals surface area contributed by atoms with Crippen LogP contribution in [0.25, 0.3) is 0 Å². The van der Waals surface area contributed by atoms with Crippen molar-refractivity contribution >= 4 is 0 Å². The van der Waals surface area contributed by atoms with Gasteiger partial charge in [-0.05, 0) is 38.0 Å². The maximum absolute atomic E-state index is 13.9. The Kier molecular flexibility index (Phi) is 5.33. The van der Waals surface area contributed by atoms with Crippen LogP contribution in [0.3, 0.4) is 0 Å². The van der Waals surface area contributed by atoms with Gasteiger partial charge in [0.05, 0.1) is 5.56 Å². The predicted octanol–water partition coefficient (Wildman–Crippen LogP) is 5.82. The number of aromatic nitrogens is 1. The van der Waals surface area contributed by atoms with E-state index >= 15 is 0 Å². The fraction of sp³-hybridized carbons (Fsp3) is 0.476. The predicted molar refractivity (Wildman–Crippen MR) is 98.2 cm³/mol. The van der Waals surface area contributed by atoms with Crippen LogP contribution in [-0.4, -0.2) is 16.8 Å². The van der Waals surface area contributed by atoms with E-state index in [0.29, 0.717) is 5.69 Å². The van der Waals surface area contributed by atoms with Gasteiger partial charge in [-0.2, -0.15) is 26.3 Å². The second kappa shape index (κ2) is 7.14. The lowest BCUT2D eigenvalue weighted by Crippen LogP contribution is -2.46. The fourth-order valence-corrected chi connectivity index (χ4v) is 4.25. The molecule has 9 heteroatoms. The van der Waals surface area contributed by atoms with E-state index in [-0.39, 0.29) is 16.8 Å². The number of rotatable bonds is 2. The third kappa shape index (κ3) is 3.64. The number of halogens is 6. The number of benzene rings is 1. The van der Waals surface area contributed by atoms with Crippen LogP contribution in [0.1, 0.15) is 53.9 Å². The molecule has 1 N–H and O–H groups in total. The minimum atomic E-state index is -4.76. The van der Waals surface area contributed by atoms with Gasteiger partial charge in [-0.25, -0.2) is 0 Å². The zero-order valence-electron chi connectivity index (χ0n) is 16.7. The largest absolute Gasteiger partial charge is 0.417 e. The summed E-state index contributed by atoms with van der Waals surface area (Å²) in [4.78, 5) is 14.8. The Hall–Kier alpha value is -2.29. The quantitative estimate of drug-likeness (QED) is 0.607. The number of nitrogens with one attached hydrogen (secondary N) is 1. The SMILES string of the molecule is Cc1cc(=O)cc([C@H]2O[C@](C)(C(F)(F)F)[C@H](C)[C@@H]2c2cccc(C(F)(F)F)c2C)[nH]1. The van der Waals surface area contributed by atoms with Gasteiger partial charge in [-0.1, -0.05) is 19.1 Å². The molecule has 0 unspecified atom stereocenters. The number of aryl methyl sites for hydroxylation is 1. The molecule has 4 atom stereocenters. The summed E-state index contributed by atoms with van der Waals surface area (Å²) in [6.45, 7) is 5.01. The summed E-state index contributed by atoms with van der Waals surface area (Å²) in [5.74, 6) is -2.27. The molecule has 164 valence electrons. The van der Waals surface area contributed by atoms with Gasteiger partial charge in [0.15, 0.2) is 11.0 Å². The van der Waals surface area contributed by atoms with E-state index < -0.39 is 46.9 Å². The average Bonchev–Trinajstić information content (AvgIpc) is 2.86. The smallest absolute Gasteiger partial charge is 0.360 e. The van der Waals surface area contributed by atoms with Gasteiger partial charge >= 0.3 is 12.4 Å². The highest BCUT2D eigenvalue weighted by Gasteiger charge is 2.64. The Balaban J connectivity index is 2.24. The monoisotopic (exact) mass is 433 g/mol. The second-order valence-electron chi connectivity index (χ2n) is 7.93. The topological polar surface area (TPSA) is 42.1 Å². The van der Waals surface area contributed by atoms with Gasteiger partial charge in [0, 0.05) is 35.4 Å². The summed E-state index contributed by atoms with van der Waals surface area (Å²) in [7, 11) is 0. The van der Waals surface area contributed by atoms with Crippen LogP contribution in [0.5, 0.6) is 0 Å². The lowest BCUT2D eigenvalue weighted by Gasteiger charge is -2.32. The molecule has 0 aliphatic carbocycles. The molecule has 0 bridgehead atoms. The molecule has 0 amide bonds. The molecule has 1 aliphatic heterocycles. The van der Waals surface area contributed by atoms with E-state index in [1.165, 1.54) is 32.0 Å². The van der Waals surface area contributed by atoms with E-state index in [4.69, 9.17) is 4.74 Å². The molecule has 0 radical (unpaired) electrons. The van der Waals surface area contributed by atoms with Crippen LogP contribution in [0.4, 0.5) is 26.3 Å². The van der Waals surface area contributed by atoms with Crippen LogP contribution in [0.15, 0.2) is 35.1 Å². The van der Waals surface area contributed by atoms with E-state index in [0.717, 1.165) is 19.1 Å². The van der Waals surface area contributed by atoms with Crippen molar-refractivity contribution < 1.29 is 31.1 Å². The van der Waals surface area contributed by atoms with Crippen molar-refractivity contribution in [1.82, 2.24) is 4.98 Å². The Morgan fingerprint density at radius 1 is 1.07 bits per heavy atom. The molecule has 1 saturated heterocycles. The first kappa shape index (κ1) is 22.4. The lowest BCUT2D eigenvalue weighted by molar-refractivity contribution is -0.275. The molecule has 1 aromatic heterocycles. The molecular weight excluding hydrogens is 412 g/mol. The van der Waals surface area contributed by atoms with Crippen LogP contribution < -0.4 is 5.43 Å². The molecule has 30 heavy (non-hydrogen) atoms. The number of ether oxygens (including phenoxy) is 1. The third-order valence-corrected chi connectivity index (χ3v) is 6.01. The molecule has 2 heterocycles. The van der Waals surface area contributed by atoms with Crippen LogP contribution >= 0.6 is 0 Å². The zero-order valence-corrected chi connectivity index (χ0v) is 16.7. The van der Waals surface area contributed by atoms with Gasteiger partial charge in [0.25, 0.3) is 0 Å². The molecule has 1 fully saturated rings. The molecule has 3 rings (SSSR count). The first-order valence-corrected chi connectivity index (χ1v) is 9.29. The van der Waals surface area contributed by atoms with E-state index in [1.54, 1.807) is 6.92 Å². The Labute approximate surface area is 169 Å². The first-order chi connectivity index (χ1) is 13.7. The maximum Gasteiger partial charge on any atom is 0.417 e. The molecule has 0 spiro atoms. The Bertz CT molecular complexity index is 1010. The van der Waals surface area contributed by atoms with Gasteiger partial charge in [-0.15, -0.1) is 0 Å². The maximum atomic E-state index is 13.9. The van der Waals surface area contributed by atoms with Crippen molar-refractivity contribution in [3.05, 3.63) is 68.6 Å². The van der Waals surface area contributed by atoms with Crippen molar-refractivity contribution in [1.29, 1.82) is 0 Å². The van der Waals surface area contributed by atoms with E-state index in [9.17, 15) is 31.1 Å². The number of aromatic amines is 1. The minimum Gasteiger partial charge on any atom is -0.360 e. The summed E-state index contributed by atoms with van der Waals surface area (Å²) in [6.07, 6.45) is -10.7. The van der Waals surface area contributed by atoms with Gasteiger partial charge in [0.2, 0.25) is 0 Å². The summed E-state index contributed by atoms with van der Waals surface area (Å²) in [6, 6.07) is 5.86. The minimum absolute atomic E-state index is 0.0987. The molecule has 1 aromatic carbocycles. The highest BCUT2D eigenvalue weighted by Crippen LogP contribution is 2.58. The van der Waals surface area contributed by atoms with Crippen molar-refractivity contribution in [2.45, 2.75) is 57.7 Å². The van der Waals surface area contributed by atoms with Gasteiger partial charge in [-0.3, -0.25) is 4.79 Å². The molecular formula is C21H21F6NO2. The lowest BCUT2D eigenvalue weighted by atomic mass is 9.75. The van der Waals surface area contributed by atoms with Crippen molar-refractivity contribution in [3.8, 4) is 0 Å². The number of pyridine rings is 1. The third-order valence-electron chi connectivity index (χ3n) is 6.01. The van der Waals surface area contributed by atoms with Crippen LogP contribution in [0, 0.1) is 19.8 Å². The normalized spacial score (nSPS) is 27.5. The summed E-state index contributed by atoms with van der Waals surface area (Å²) in [5, 5.41) is 0. The van der Waals surface area contributed by atoms with Gasteiger partial charge in [0.1, 0.15) is 6.10 Å². The van der Waals surface area contributed by atoms with Crippen LogP contribution in [-0.2, 0) is 10.9 Å². The van der Waals surface area contributed by atoms with Crippen molar-refractivity contribution in [2.75, 3.05) is 0 Å². The molecule has 3 nitrogen and oxygen atoms in total. The second-order valence-corrected chi connectivity index (χ2v) is 7.93. The van der Waals surface area contributed by atoms with E-state index in [2.05, 4.69) is 4.98 Å². The Morgan fingerprint density at radius 2 is 1.70 bits per heavy atom.